The van der Waals surface area contributed by atoms with E-state index in [0.717, 1.165) is 16.6 Å². The van der Waals surface area contributed by atoms with Gasteiger partial charge in [0, 0.05) is 10.7 Å². The molecule has 0 saturated carbocycles. The van der Waals surface area contributed by atoms with Crippen LogP contribution in [0.3, 0.4) is 0 Å². The predicted octanol–water partition coefficient (Wildman–Crippen LogP) is 4.15. The van der Waals surface area contributed by atoms with Crippen molar-refractivity contribution in [1.29, 1.82) is 0 Å². The van der Waals surface area contributed by atoms with Crippen molar-refractivity contribution in [3.63, 3.8) is 0 Å². The number of hydrogen-bond acceptors (Lipinski definition) is 4. The van der Waals surface area contributed by atoms with E-state index in [2.05, 4.69) is 10.3 Å². The van der Waals surface area contributed by atoms with Crippen molar-refractivity contribution < 1.29 is 9.53 Å². The number of nitrogens with zero attached hydrogens (tertiary/aromatic N) is 2. The van der Waals surface area contributed by atoms with Gasteiger partial charge in [-0.15, -0.1) is 0 Å². The Hall–Kier alpha value is -2.79. The van der Waals surface area contributed by atoms with Crippen molar-refractivity contribution in [2.24, 2.45) is 0 Å². The zero-order valence-corrected chi connectivity index (χ0v) is 14.5. The molecule has 1 N–H and O–H groups in total. The fourth-order valence-corrected chi connectivity index (χ4v) is 3.57. The van der Waals surface area contributed by atoms with Gasteiger partial charge in [-0.25, -0.2) is 9.78 Å². The lowest BCUT2D eigenvalue weighted by Crippen LogP contribution is -2.28. The summed E-state index contributed by atoms with van der Waals surface area (Å²) in [4.78, 5) is 17.2. The van der Waals surface area contributed by atoms with Crippen molar-refractivity contribution in [1.82, 2.24) is 9.55 Å². The lowest BCUT2D eigenvalue weighted by molar-refractivity contribution is -0.136. The standard InChI is InChI=1S/C19H16ClN3O2/c1-11-16(18(24)25-2)17(12-7-3-4-8-13(12)20)23-15-10-6-5-9-14(15)22-19(23)21-11/h3-10,17H,1-2H3,(H,21,22). The molecule has 1 aliphatic rings. The number of para-hydroxylation sites is 2. The SMILES string of the molecule is COC(=O)C1=C(C)Nc2nc3ccccc3n2C1c1ccccc1Cl. The molecular formula is C19H16ClN3O2. The highest BCUT2D eigenvalue weighted by Crippen LogP contribution is 2.41. The molecule has 126 valence electrons. The second-order valence-electron chi connectivity index (χ2n) is 5.87. The third-order valence-corrected chi connectivity index (χ3v) is 4.78. The molecule has 5 nitrogen and oxygen atoms in total. The summed E-state index contributed by atoms with van der Waals surface area (Å²) in [6, 6.07) is 14.9. The van der Waals surface area contributed by atoms with Gasteiger partial charge in [-0.05, 0) is 30.7 Å². The Balaban J connectivity index is 2.05. The van der Waals surface area contributed by atoms with Crippen molar-refractivity contribution >= 4 is 34.6 Å². The van der Waals surface area contributed by atoms with E-state index < -0.39 is 12.0 Å². The van der Waals surface area contributed by atoms with E-state index in [4.69, 9.17) is 16.3 Å². The summed E-state index contributed by atoms with van der Waals surface area (Å²) in [7, 11) is 1.38. The van der Waals surface area contributed by atoms with E-state index >= 15 is 0 Å². The van der Waals surface area contributed by atoms with E-state index in [-0.39, 0.29) is 0 Å². The minimum Gasteiger partial charge on any atom is -0.466 e. The van der Waals surface area contributed by atoms with Gasteiger partial charge in [-0.1, -0.05) is 41.9 Å². The normalized spacial score (nSPS) is 16.5. The van der Waals surface area contributed by atoms with Gasteiger partial charge in [-0.3, -0.25) is 4.57 Å². The van der Waals surface area contributed by atoms with Crippen LogP contribution in [0.15, 0.2) is 59.8 Å². The average Bonchev–Trinajstić information content (AvgIpc) is 2.98. The Morgan fingerprint density at radius 3 is 2.68 bits per heavy atom. The topological polar surface area (TPSA) is 56.1 Å². The van der Waals surface area contributed by atoms with Crippen LogP contribution in [-0.4, -0.2) is 22.6 Å². The zero-order chi connectivity index (χ0) is 17.6. The van der Waals surface area contributed by atoms with Gasteiger partial charge in [0.25, 0.3) is 0 Å². The van der Waals surface area contributed by atoms with Gasteiger partial charge in [-0.2, -0.15) is 0 Å². The Labute approximate surface area is 149 Å². The molecule has 25 heavy (non-hydrogen) atoms. The lowest BCUT2D eigenvalue weighted by atomic mass is 9.95. The number of carbonyl (C=O) groups excluding carboxylic acids is 1. The smallest absolute Gasteiger partial charge is 0.337 e. The fourth-order valence-electron chi connectivity index (χ4n) is 3.33. The first-order chi connectivity index (χ1) is 12.1. The number of aromatic nitrogens is 2. The van der Waals surface area contributed by atoms with Gasteiger partial charge in [0.15, 0.2) is 0 Å². The summed E-state index contributed by atoms with van der Waals surface area (Å²) >= 11 is 6.47. The predicted molar refractivity (Wildman–Crippen MR) is 97.7 cm³/mol. The van der Waals surface area contributed by atoms with Crippen LogP contribution in [0.2, 0.25) is 5.02 Å². The maximum Gasteiger partial charge on any atom is 0.337 e. The van der Waals surface area contributed by atoms with E-state index in [0.29, 0.717) is 22.2 Å². The molecule has 0 spiro atoms. The maximum absolute atomic E-state index is 12.5. The van der Waals surface area contributed by atoms with Gasteiger partial charge < -0.3 is 10.1 Å². The quantitative estimate of drug-likeness (QED) is 0.703. The molecule has 0 bridgehead atoms. The van der Waals surface area contributed by atoms with Crippen molar-refractivity contribution in [3.8, 4) is 0 Å². The summed E-state index contributed by atoms with van der Waals surface area (Å²) in [6.45, 7) is 1.85. The van der Waals surface area contributed by atoms with Gasteiger partial charge >= 0.3 is 5.97 Å². The highest BCUT2D eigenvalue weighted by Gasteiger charge is 2.35. The summed E-state index contributed by atoms with van der Waals surface area (Å²) < 4.78 is 7.04. The molecule has 2 aromatic carbocycles. The van der Waals surface area contributed by atoms with Crippen LogP contribution in [0.5, 0.6) is 0 Å². The van der Waals surface area contributed by atoms with Gasteiger partial charge in [0.2, 0.25) is 5.95 Å². The summed E-state index contributed by atoms with van der Waals surface area (Å²) in [6.07, 6.45) is 0. The Kier molecular flexibility index (Phi) is 3.73. The van der Waals surface area contributed by atoms with Crippen LogP contribution in [0.1, 0.15) is 18.5 Å². The minimum atomic E-state index is -0.412. The fraction of sp³-hybridized carbons (Fsp3) is 0.158. The Bertz CT molecular complexity index is 1020. The molecule has 0 saturated heterocycles. The molecule has 0 fully saturated rings. The van der Waals surface area contributed by atoms with Crippen LogP contribution in [0.4, 0.5) is 5.95 Å². The van der Waals surface area contributed by atoms with Crippen molar-refractivity contribution in [2.75, 3.05) is 12.4 Å². The first-order valence-corrected chi connectivity index (χ1v) is 8.27. The number of imidazole rings is 1. The highest BCUT2D eigenvalue weighted by molar-refractivity contribution is 6.31. The minimum absolute atomic E-state index is 0.390. The number of halogens is 1. The monoisotopic (exact) mass is 353 g/mol. The van der Waals surface area contributed by atoms with Crippen LogP contribution in [0, 0.1) is 0 Å². The largest absolute Gasteiger partial charge is 0.466 e. The van der Waals surface area contributed by atoms with Gasteiger partial charge in [0.05, 0.1) is 29.8 Å². The number of rotatable bonds is 2. The number of fused-ring (bicyclic) bond motifs is 3. The number of nitrogens with one attached hydrogen (secondary N) is 1. The first-order valence-electron chi connectivity index (χ1n) is 7.89. The summed E-state index contributed by atoms with van der Waals surface area (Å²) in [5.41, 5.74) is 3.82. The van der Waals surface area contributed by atoms with Crippen LogP contribution in [0.25, 0.3) is 11.0 Å². The lowest BCUT2D eigenvalue weighted by Gasteiger charge is -2.30. The Morgan fingerprint density at radius 1 is 1.20 bits per heavy atom. The molecule has 3 aromatic rings. The van der Waals surface area contributed by atoms with Crippen LogP contribution < -0.4 is 5.32 Å². The number of carbonyl (C=O) groups is 1. The highest BCUT2D eigenvalue weighted by atomic mass is 35.5. The Morgan fingerprint density at radius 2 is 1.92 bits per heavy atom. The number of hydrogen-bond donors (Lipinski definition) is 1. The number of anilines is 1. The summed E-state index contributed by atoms with van der Waals surface area (Å²) in [5, 5.41) is 3.81. The number of ether oxygens (including phenoxy) is 1. The zero-order valence-electron chi connectivity index (χ0n) is 13.8. The summed E-state index contributed by atoms with van der Waals surface area (Å²) in [5.74, 6) is 0.287. The number of benzene rings is 2. The molecule has 1 unspecified atom stereocenters. The van der Waals surface area contributed by atoms with Gasteiger partial charge in [0.1, 0.15) is 0 Å². The molecule has 0 aliphatic carbocycles. The molecule has 1 aliphatic heterocycles. The molecule has 1 aromatic heterocycles. The van der Waals surface area contributed by atoms with E-state index in [9.17, 15) is 4.79 Å². The van der Waals surface area contributed by atoms with E-state index in [1.807, 2.05) is 60.0 Å². The number of allylic oxidation sites excluding steroid dienone is 1. The number of esters is 1. The molecule has 1 atom stereocenters. The second-order valence-corrected chi connectivity index (χ2v) is 6.28. The molecule has 0 radical (unpaired) electrons. The molecule has 2 heterocycles. The second kappa shape index (κ2) is 5.93. The molecular weight excluding hydrogens is 338 g/mol. The molecule has 0 amide bonds. The third kappa shape index (κ3) is 2.39. The molecule has 6 heteroatoms. The molecule has 4 rings (SSSR count). The third-order valence-electron chi connectivity index (χ3n) is 4.44. The van der Waals surface area contributed by atoms with Crippen molar-refractivity contribution in [3.05, 3.63) is 70.4 Å². The maximum atomic E-state index is 12.5. The van der Waals surface area contributed by atoms with Crippen LogP contribution >= 0.6 is 11.6 Å². The van der Waals surface area contributed by atoms with Crippen molar-refractivity contribution in [2.45, 2.75) is 13.0 Å². The van der Waals surface area contributed by atoms with Crippen LogP contribution in [-0.2, 0) is 9.53 Å². The average molecular weight is 354 g/mol. The van der Waals surface area contributed by atoms with E-state index in [1.165, 1.54) is 7.11 Å². The van der Waals surface area contributed by atoms with E-state index in [1.54, 1.807) is 0 Å². The number of methoxy groups -OCH3 is 1. The first kappa shape index (κ1) is 15.7.